The molecule has 2 aromatic carbocycles. The summed E-state index contributed by atoms with van der Waals surface area (Å²) in [5, 5.41) is 5.05. The van der Waals surface area contributed by atoms with Crippen molar-refractivity contribution in [3.8, 4) is 17.0 Å². The second kappa shape index (κ2) is 10.9. The predicted molar refractivity (Wildman–Crippen MR) is 151 cm³/mol. The Kier molecular flexibility index (Phi) is 7.60. The summed E-state index contributed by atoms with van der Waals surface area (Å²) >= 11 is 0. The van der Waals surface area contributed by atoms with E-state index in [9.17, 15) is 12.8 Å². The highest BCUT2D eigenvalue weighted by atomic mass is 32.2. The third-order valence-electron chi connectivity index (χ3n) is 7.47. The first-order valence-corrected chi connectivity index (χ1v) is 14.7. The summed E-state index contributed by atoms with van der Waals surface area (Å²) in [7, 11) is -3.24. The van der Waals surface area contributed by atoms with Gasteiger partial charge in [-0.3, -0.25) is 9.40 Å². The number of pyridine rings is 1. The number of aromatic nitrogens is 3. The van der Waals surface area contributed by atoms with Crippen LogP contribution in [-0.4, -0.2) is 36.3 Å². The Morgan fingerprint density at radius 2 is 1.76 bits per heavy atom. The van der Waals surface area contributed by atoms with Crippen LogP contribution in [0, 0.1) is 17.5 Å². The van der Waals surface area contributed by atoms with Gasteiger partial charge in [0.1, 0.15) is 23.1 Å². The predicted octanol–water partition coefficient (Wildman–Crippen LogP) is 5.47. The topological polar surface area (TPSA) is 138 Å². The van der Waals surface area contributed by atoms with E-state index in [0.29, 0.717) is 10.9 Å². The van der Waals surface area contributed by atoms with E-state index in [1.54, 1.807) is 10.9 Å². The Labute approximate surface area is 235 Å². The molecular formula is C28H31F3N6O3S. The third-order valence-corrected chi connectivity index (χ3v) is 8.84. The van der Waals surface area contributed by atoms with Crippen LogP contribution in [0.3, 0.4) is 0 Å². The average Bonchev–Trinajstić information content (AvgIpc) is 3.33. The lowest BCUT2D eigenvalue weighted by atomic mass is 9.82. The minimum absolute atomic E-state index is 0.0992. The van der Waals surface area contributed by atoms with E-state index in [4.69, 9.17) is 16.2 Å². The quantitative estimate of drug-likeness (QED) is 0.260. The van der Waals surface area contributed by atoms with Gasteiger partial charge in [0.25, 0.3) is 10.0 Å². The van der Waals surface area contributed by atoms with Crippen molar-refractivity contribution < 1.29 is 26.3 Å². The van der Waals surface area contributed by atoms with Gasteiger partial charge >= 0.3 is 0 Å². The third kappa shape index (κ3) is 5.31. The molecule has 0 spiro atoms. The lowest BCUT2D eigenvalue weighted by Gasteiger charge is -2.27. The van der Waals surface area contributed by atoms with Crippen LogP contribution in [0.25, 0.3) is 22.2 Å². The molecule has 41 heavy (non-hydrogen) atoms. The average molecular weight is 589 g/mol. The number of anilines is 2. The van der Waals surface area contributed by atoms with Gasteiger partial charge in [0.15, 0.2) is 11.6 Å². The first kappa shape index (κ1) is 28.7. The zero-order valence-corrected chi connectivity index (χ0v) is 23.6. The normalized spacial score (nSPS) is 17.8. The fraction of sp³-hybridized carbons (Fsp3) is 0.357. The molecule has 1 fully saturated rings. The highest BCUT2D eigenvalue weighted by molar-refractivity contribution is 7.92. The Balaban J connectivity index is 1.59. The van der Waals surface area contributed by atoms with Crippen LogP contribution in [0.5, 0.6) is 5.75 Å². The number of nitrogens with one attached hydrogen (secondary N) is 1. The lowest BCUT2D eigenvalue weighted by Crippen LogP contribution is -2.26. The number of hydrogen-bond donors (Lipinski definition) is 3. The Morgan fingerprint density at radius 3 is 2.41 bits per heavy atom. The van der Waals surface area contributed by atoms with Gasteiger partial charge < -0.3 is 16.2 Å². The summed E-state index contributed by atoms with van der Waals surface area (Å²) in [5.41, 5.74) is 13.3. The molecule has 1 aliphatic rings. The largest absolute Gasteiger partial charge is 0.494 e. The summed E-state index contributed by atoms with van der Waals surface area (Å²) in [6, 6.07) is 4.45. The Morgan fingerprint density at radius 1 is 1.05 bits per heavy atom. The number of rotatable bonds is 7. The number of hydrogen-bond acceptors (Lipinski definition) is 7. The van der Waals surface area contributed by atoms with Crippen molar-refractivity contribution in [1.82, 2.24) is 14.8 Å². The van der Waals surface area contributed by atoms with Crippen LogP contribution in [0.4, 0.5) is 24.7 Å². The summed E-state index contributed by atoms with van der Waals surface area (Å²) in [5.74, 6) is -2.78. The van der Waals surface area contributed by atoms with Gasteiger partial charge in [-0.15, -0.1) is 0 Å². The van der Waals surface area contributed by atoms with Gasteiger partial charge in [0.05, 0.1) is 28.6 Å². The Bertz CT molecular complexity index is 1730. The van der Waals surface area contributed by atoms with Gasteiger partial charge in [-0.25, -0.2) is 26.6 Å². The van der Waals surface area contributed by atoms with Crippen LogP contribution in [-0.2, 0) is 10.0 Å². The fourth-order valence-electron chi connectivity index (χ4n) is 5.33. The maximum Gasteiger partial charge on any atom is 0.262 e. The molecule has 1 aliphatic carbocycles. The van der Waals surface area contributed by atoms with Crippen molar-refractivity contribution >= 4 is 32.4 Å². The van der Waals surface area contributed by atoms with Gasteiger partial charge in [-0.05, 0) is 69.2 Å². The van der Waals surface area contributed by atoms with E-state index in [1.165, 1.54) is 7.11 Å². The highest BCUT2D eigenvalue weighted by Crippen LogP contribution is 2.42. The first-order chi connectivity index (χ1) is 19.4. The molecule has 0 saturated heterocycles. The molecule has 5 rings (SSSR count). The van der Waals surface area contributed by atoms with E-state index in [1.807, 2.05) is 18.6 Å². The number of sulfonamides is 1. The van der Waals surface area contributed by atoms with Gasteiger partial charge in [0, 0.05) is 36.0 Å². The van der Waals surface area contributed by atoms with E-state index in [0.717, 1.165) is 61.6 Å². The summed E-state index contributed by atoms with van der Waals surface area (Å²) in [6.07, 6.45) is 5.17. The zero-order chi connectivity index (χ0) is 29.6. The van der Waals surface area contributed by atoms with Crippen molar-refractivity contribution in [2.24, 2.45) is 5.73 Å². The van der Waals surface area contributed by atoms with Crippen LogP contribution < -0.4 is 20.9 Å². The molecule has 2 heterocycles. The number of nitrogens with two attached hydrogens (primary N) is 2. The number of fused-ring (bicyclic) bond motifs is 1. The van der Waals surface area contributed by atoms with Crippen molar-refractivity contribution in [3.05, 3.63) is 59.5 Å². The molecule has 5 N–H and O–H groups in total. The zero-order valence-electron chi connectivity index (χ0n) is 22.8. The number of nitrogens with zero attached hydrogens (tertiary/aromatic N) is 3. The van der Waals surface area contributed by atoms with Gasteiger partial charge in [-0.1, -0.05) is 0 Å². The lowest BCUT2D eigenvalue weighted by molar-refractivity contribution is 0.385. The fourth-order valence-corrected chi connectivity index (χ4v) is 6.40. The number of benzene rings is 2. The minimum atomic E-state index is -4.41. The maximum atomic E-state index is 15.6. The minimum Gasteiger partial charge on any atom is -0.494 e. The highest BCUT2D eigenvalue weighted by Gasteiger charge is 2.29. The van der Waals surface area contributed by atoms with E-state index in [-0.39, 0.29) is 40.8 Å². The van der Waals surface area contributed by atoms with Crippen molar-refractivity contribution in [2.75, 3.05) is 17.6 Å². The van der Waals surface area contributed by atoms with Gasteiger partial charge in [-0.2, -0.15) is 5.10 Å². The molecule has 0 unspecified atom stereocenters. The molecule has 2 aromatic heterocycles. The van der Waals surface area contributed by atoms with Crippen molar-refractivity contribution in [1.29, 1.82) is 0 Å². The molecule has 4 aromatic rings. The molecule has 1 saturated carbocycles. The number of ether oxygens (including phenoxy) is 1. The number of methoxy groups -OCH3 is 1. The molecule has 0 bridgehead atoms. The van der Waals surface area contributed by atoms with E-state index < -0.39 is 38.1 Å². The number of halogens is 3. The van der Waals surface area contributed by atoms with Crippen LogP contribution in [0.2, 0.25) is 0 Å². The molecule has 13 heteroatoms. The van der Waals surface area contributed by atoms with Crippen LogP contribution in [0.15, 0.2) is 41.4 Å². The summed E-state index contributed by atoms with van der Waals surface area (Å²) in [4.78, 5) is 3.99. The monoisotopic (exact) mass is 588 g/mol. The molecule has 0 atom stereocenters. The molecule has 9 nitrogen and oxygen atoms in total. The molecule has 0 amide bonds. The second-order valence-electron chi connectivity index (χ2n) is 10.5. The van der Waals surface area contributed by atoms with E-state index >= 15 is 8.78 Å². The first-order valence-electron chi connectivity index (χ1n) is 13.2. The SMILES string of the molecule is COc1cc(S(=O)(=O)Nc2cc(F)c(-c3nn(C(C)C)c4c(C5CCC(N)CC5)cnc(N)c34)cc2F)ccc1F. The molecule has 0 aliphatic heterocycles. The molecule has 0 radical (unpaired) electrons. The summed E-state index contributed by atoms with van der Waals surface area (Å²) < 4.78 is 79.1. The van der Waals surface area contributed by atoms with Crippen molar-refractivity contribution in [2.45, 2.75) is 62.4 Å². The van der Waals surface area contributed by atoms with Crippen LogP contribution >= 0.6 is 0 Å². The summed E-state index contributed by atoms with van der Waals surface area (Å²) in [6.45, 7) is 3.85. The van der Waals surface area contributed by atoms with Crippen molar-refractivity contribution in [3.63, 3.8) is 0 Å². The molecule has 218 valence electrons. The Hall–Kier alpha value is -3.84. The van der Waals surface area contributed by atoms with Crippen LogP contribution in [0.1, 0.15) is 57.1 Å². The maximum absolute atomic E-state index is 15.6. The van der Waals surface area contributed by atoms with E-state index in [2.05, 4.69) is 10.1 Å². The van der Waals surface area contributed by atoms with Gasteiger partial charge in [0.2, 0.25) is 0 Å². The standard InChI is InChI=1S/C28H31F3N6O3S/c1-14(2)37-27-19(15-4-6-16(32)7-5-15)13-34-28(33)25(27)26(35-37)18-11-22(31)23(12-21(18)30)36-41(38,39)17-8-9-20(29)24(10-17)40-3/h8-16,36H,4-7,32H2,1-3H3,(H2,33,34). The smallest absolute Gasteiger partial charge is 0.262 e. The number of nitrogen functional groups attached to an aromatic ring is 1. The molecular weight excluding hydrogens is 557 g/mol. The second-order valence-corrected chi connectivity index (χ2v) is 12.2.